The van der Waals surface area contributed by atoms with Crippen LogP contribution in [0.15, 0.2) is 22.8 Å². The number of hydrogen-bond acceptors (Lipinski definition) is 3. The van der Waals surface area contributed by atoms with Gasteiger partial charge in [-0.05, 0) is 47.4 Å². The highest BCUT2D eigenvalue weighted by molar-refractivity contribution is 9.10. The number of anilines is 1. The average molecular weight is 284 g/mol. The van der Waals surface area contributed by atoms with E-state index in [2.05, 4.69) is 31.5 Å². The lowest BCUT2D eigenvalue weighted by atomic mass is 10.0. The van der Waals surface area contributed by atoms with Crippen LogP contribution < -0.4 is 10.6 Å². The number of hydrogen-bond donors (Lipinski definition) is 2. The van der Waals surface area contributed by atoms with Crippen LogP contribution in [0.5, 0.6) is 0 Å². The van der Waals surface area contributed by atoms with E-state index in [4.69, 9.17) is 0 Å². The monoisotopic (exact) mass is 283 g/mol. The van der Waals surface area contributed by atoms with Gasteiger partial charge in [0.2, 0.25) is 5.91 Å². The van der Waals surface area contributed by atoms with Crippen LogP contribution in [0.3, 0.4) is 0 Å². The molecule has 0 bridgehead atoms. The molecule has 1 aliphatic rings. The van der Waals surface area contributed by atoms with Gasteiger partial charge in [0, 0.05) is 0 Å². The summed E-state index contributed by atoms with van der Waals surface area (Å²) >= 11 is 3.27. The minimum Gasteiger partial charge on any atom is -0.309 e. The molecule has 2 rings (SSSR count). The van der Waals surface area contributed by atoms with Crippen molar-refractivity contribution in [3.05, 3.63) is 22.8 Å². The number of aromatic nitrogens is 1. The van der Waals surface area contributed by atoms with Crippen molar-refractivity contribution in [2.45, 2.75) is 25.3 Å². The summed E-state index contributed by atoms with van der Waals surface area (Å²) in [6.07, 6.45) is 3.16. The summed E-state index contributed by atoms with van der Waals surface area (Å²) in [6, 6.07) is 5.38. The number of halogens is 1. The smallest absolute Gasteiger partial charge is 0.242 e. The highest BCUT2D eigenvalue weighted by atomic mass is 79.9. The lowest BCUT2D eigenvalue weighted by molar-refractivity contribution is -0.118. The fraction of sp³-hybridized carbons (Fsp3) is 0.455. The molecule has 0 spiro atoms. The van der Waals surface area contributed by atoms with E-state index in [0.29, 0.717) is 5.82 Å². The highest BCUT2D eigenvalue weighted by Gasteiger charge is 2.20. The normalized spacial score (nSPS) is 20.4. The molecule has 0 radical (unpaired) electrons. The second-order valence-corrected chi connectivity index (χ2v) is 4.65. The van der Waals surface area contributed by atoms with Gasteiger partial charge in [0.05, 0.1) is 6.04 Å². The molecule has 5 heteroatoms. The first-order valence-corrected chi connectivity index (χ1v) is 6.22. The third kappa shape index (κ3) is 3.02. The summed E-state index contributed by atoms with van der Waals surface area (Å²) in [6.45, 7) is 0.921. The van der Waals surface area contributed by atoms with Gasteiger partial charge in [-0.15, -0.1) is 0 Å². The number of piperidine rings is 1. The van der Waals surface area contributed by atoms with Crippen molar-refractivity contribution in [3.63, 3.8) is 0 Å². The Morgan fingerprint density at radius 1 is 1.50 bits per heavy atom. The van der Waals surface area contributed by atoms with E-state index < -0.39 is 0 Å². The van der Waals surface area contributed by atoms with Crippen LogP contribution >= 0.6 is 15.9 Å². The molecule has 1 unspecified atom stereocenters. The molecular formula is C11H14BrN3O. The Labute approximate surface area is 103 Å². The van der Waals surface area contributed by atoms with Crippen molar-refractivity contribution in [1.82, 2.24) is 10.3 Å². The maximum Gasteiger partial charge on any atom is 0.242 e. The summed E-state index contributed by atoms with van der Waals surface area (Å²) < 4.78 is 0.724. The van der Waals surface area contributed by atoms with Crippen molar-refractivity contribution < 1.29 is 4.79 Å². The van der Waals surface area contributed by atoms with Crippen LogP contribution in [-0.4, -0.2) is 23.5 Å². The number of carbonyl (C=O) groups excluding carboxylic acids is 1. The first-order valence-electron chi connectivity index (χ1n) is 5.42. The van der Waals surface area contributed by atoms with E-state index in [1.54, 1.807) is 6.07 Å². The number of carbonyl (C=O) groups is 1. The van der Waals surface area contributed by atoms with Gasteiger partial charge in [0.25, 0.3) is 0 Å². The first-order chi connectivity index (χ1) is 7.75. The number of nitrogens with one attached hydrogen (secondary N) is 2. The largest absolute Gasteiger partial charge is 0.309 e. The maximum absolute atomic E-state index is 11.8. The molecule has 1 amide bonds. The molecule has 16 heavy (non-hydrogen) atoms. The molecule has 1 saturated heterocycles. The second-order valence-electron chi connectivity index (χ2n) is 3.84. The molecule has 1 aromatic rings. The second kappa shape index (κ2) is 5.41. The van der Waals surface area contributed by atoms with Gasteiger partial charge in [-0.2, -0.15) is 0 Å². The zero-order chi connectivity index (χ0) is 11.4. The van der Waals surface area contributed by atoms with E-state index in [-0.39, 0.29) is 11.9 Å². The van der Waals surface area contributed by atoms with Crippen LogP contribution in [0.1, 0.15) is 19.3 Å². The van der Waals surface area contributed by atoms with Crippen molar-refractivity contribution in [2.75, 3.05) is 11.9 Å². The Morgan fingerprint density at radius 3 is 3.06 bits per heavy atom. The molecule has 1 atom stereocenters. The van der Waals surface area contributed by atoms with Crippen LogP contribution in [0.25, 0.3) is 0 Å². The molecule has 1 aliphatic heterocycles. The van der Waals surface area contributed by atoms with Crippen molar-refractivity contribution >= 4 is 27.7 Å². The SMILES string of the molecule is O=C(Nc1cccc(Br)n1)C1CCCCN1. The maximum atomic E-state index is 11.8. The standard InChI is InChI=1S/C11H14BrN3O/c12-9-5-3-6-10(14-9)15-11(16)8-4-1-2-7-13-8/h3,5-6,8,13H,1-2,4,7H2,(H,14,15,16). The number of amides is 1. The predicted octanol–water partition coefficient (Wildman–Crippen LogP) is 1.92. The van der Waals surface area contributed by atoms with Crippen LogP contribution in [0.4, 0.5) is 5.82 Å². The third-order valence-corrected chi connectivity index (χ3v) is 3.03. The summed E-state index contributed by atoms with van der Waals surface area (Å²) in [5, 5.41) is 6.01. The first kappa shape index (κ1) is 11.5. The third-order valence-electron chi connectivity index (χ3n) is 2.59. The molecule has 0 saturated carbocycles. The molecule has 2 N–H and O–H groups in total. The fourth-order valence-electron chi connectivity index (χ4n) is 1.77. The molecule has 4 nitrogen and oxygen atoms in total. The van der Waals surface area contributed by atoms with Crippen molar-refractivity contribution in [2.24, 2.45) is 0 Å². The van der Waals surface area contributed by atoms with E-state index in [1.165, 1.54) is 0 Å². The summed E-state index contributed by atoms with van der Waals surface area (Å²) in [5.41, 5.74) is 0. The Kier molecular flexibility index (Phi) is 3.90. The van der Waals surface area contributed by atoms with E-state index in [1.807, 2.05) is 12.1 Å². The molecule has 86 valence electrons. The Balaban J connectivity index is 1.96. The summed E-state index contributed by atoms with van der Waals surface area (Å²) in [7, 11) is 0. The zero-order valence-corrected chi connectivity index (χ0v) is 10.5. The van der Waals surface area contributed by atoms with Crippen LogP contribution in [-0.2, 0) is 4.79 Å². The van der Waals surface area contributed by atoms with Crippen LogP contribution in [0.2, 0.25) is 0 Å². The quantitative estimate of drug-likeness (QED) is 0.816. The van der Waals surface area contributed by atoms with Gasteiger partial charge in [0.1, 0.15) is 10.4 Å². The molecule has 0 aliphatic carbocycles. The summed E-state index contributed by atoms with van der Waals surface area (Å²) in [4.78, 5) is 16.0. The lowest BCUT2D eigenvalue weighted by Crippen LogP contribution is -2.43. The van der Waals surface area contributed by atoms with Gasteiger partial charge in [-0.3, -0.25) is 4.79 Å². The van der Waals surface area contributed by atoms with Gasteiger partial charge in [0.15, 0.2) is 0 Å². The molecule has 2 heterocycles. The Hall–Kier alpha value is -0.940. The van der Waals surface area contributed by atoms with Crippen molar-refractivity contribution in [3.8, 4) is 0 Å². The molecule has 1 fully saturated rings. The number of rotatable bonds is 2. The Morgan fingerprint density at radius 2 is 2.38 bits per heavy atom. The zero-order valence-electron chi connectivity index (χ0n) is 8.87. The minimum atomic E-state index is -0.0745. The van der Waals surface area contributed by atoms with Gasteiger partial charge < -0.3 is 10.6 Å². The number of pyridine rings is 1. The highest BCUT2D eigenvalue weighted by Crippen LogP contribution is 2.12. The van der Waals surface area contributed by atoms with E-state index in [0.717, 1.165) is 30.4 Å². The van der Waals surface area contributed by atoms with Gasteiger partial charge in [-0.25, -0.2) is 4.98 Å². The minimum absolute atomic E-state index is 0.00491. The topological polar surface area (TPSA) is 54.0 Å². The fourth-order valence-corrected chi connectivity index (χ4v) is 2.11. The van der Waals surface area contributed by atoms with Gasteiger partial charge in [-0.1, -0.05) is 12.5 Å². The predicted molar refractivity (Wildman–Crippen MR) is 66.2 cm³/mol. The average Bonchev–Trinajstić information content (AvgIpc) is 2.30. The molecule has 0 aromatic carbocycles. The van der Waals surface area contributed by atoms with Crippen molar-refractivity contribution in [1.29, 1.82) is 0 Å². The van der Waals surface area contributed by atoms with Crippen LogP contribution in [0, 0.1) is 0 Å². The lowest BCUT2D eigenvalue weighted by Gasteiger charge is -2.22. The summed E-state index contributed by atoms with van der Waals surface area (Å²) in [5.74, 6) is 0.594. The molecular weight excluding hydrogens is 270 g/mol. The number of nitrogens with zero attached hydrogens (tertiary/aromatic N) is 1. The Bertz CT molecular complexity index is 377. The molecule has 1 aromatic heterocycles. The van der Waals surface area contributed by atoms with E-state index >= 15 is 0 Å². The van der Waals surface area contributed by atoms with Gasteiger partial charge >= 0.3 is 0 Å². The van der Waals surface area contributed by atoms with E-state index in [9.17, 15) is 4.79 Å².